The Labute approximate surface area is 294 Å². The molecule has 0 aliphatic heterocycles. The van der Waals surface area contributed by atoms with Crippen molar-refractivity contribution in [2.45, 2.75) is 65.8 Å². The number of hydrogen-bond donors (Lipinski definition) is 4. The van der Waals surface area contributed by atoms with Crippen molar-refractivity contribution in [3.63, 3.8) is 0 Å². The van der Waals surface area contributed by atoms with Crippen molar-refractivity contribution < 1.29 is 19.4 Å². The Morgan fingerprint density at radius 1 is 0.840 bits per heavy atom. The van der Waals surface area contributed by atoms with E-state index in [-0.39, 0.29) is 24.3 Å². The number of carbonyl (C=O) groups excluding carboxylic acids is 2. The maximum atomic E-state index is 12.8. The Balaban J connectivity index is 1.04. The van der Waals surface area contributed by atoms with Crippen molar-refractivity contribution in [3.05, 3.63) is 148 Å². The average molecular weight is 674 g/mol. The summed E-state index contributed by atoms with van der Waals surface area (Å²) < 4.78 is 7.73. The first-order valence-electron chi connectivity index (χ1n) is 17.1. The van der Waals surface area contributed by atoms with Crippen LogP contribution in [0.15, 0.2) is 103 Å². The molecule has 2 heterocycles. The van der Waals surface area contributed by atoms with Crippen LogP contribution in [0.1, 0.15) is 69.5 Å². The zero-order valence-electron chi connectivity index (χ0n) is 29.3. The molecule has 3 aromatic carbocycles. The molecular formula is C41H47N5O4. The highest BCUT2D eigenvalue weighted by Gasteiger charge is 2.13. The molecule has 50 heavy (non-hydrogen) atoms. The first-order chi connectivity index (χ1) is 24.2. The summed E-state index contributed by atoms with van der Waals surface area (Å²) >= 11 is 0. The highest BCUT2D eigenvalue weighted by molar-refractivity contribution is 5.94. The predicted molar refractivity (Wildman–Crippen MR) is 196 cm³/mol. The van der Waals surface area contributed by atoms with Gasteiger partial charge in [-0.3, -0.25) is 9.59 Å². The minimum Gasteiger partial charge on any atom is -0.494 e. The van der Waals surface area contributed by atoms with E-state index in [1.165, 1.54) is 0 Å². The standard InChI is InChI=1S/C41H47N5O4/c1-5-50-38-12-7-6-11-36(38)26-45-41(49)34-17-15-31(16-18-34)24-44-40(48)23-33-10-8-9-32(22-33)21-28(2)42-27-37(47)35-19-20-39(43-25-35)46-29(3)13-14-30(46)4/h6-20,22,25,28,37,42,47H,5,21,23-24,26-27H2,1-4H3,(H,44,48)(H,45,49). The molecule has 0 aliphatic carbocycles. The lowest BCUT2D eigenvalue weighted by atomic mass is 10.0. The van der Waals surface area contributed by atoms with Crippen LogP contribution in [0.3, 0.4) is 0 Å². The van der Waals surface area contributed by atoms with E-state index in [0.29, 0.717) is 31.8 Å². The van der Waals surface area contributed by atoms with E-state index in [9.17, 15) is 14.7 Å². The van der Waals surface area contributed by atoms with Gasteiger partial charge >= 0.3 is 0 Å². The summed E-state index contributed by atoms with van der Waals surface area (Å²) in [5.74, 6) is 1.35. The first kappa shape index (κ1) is 36.0. The number of nitrogens with zero attached hydrogens (tertiary/aromatic N) is 2. The molecule has 0 aliphatic rings. The molecule has 9 heteroatoms. The van der Waals surface area contributed by atoms with Gasteiger partial charge in [-0.05, 0) is 87.2 Å². The van der Waals surface area contributed by atoms with Crippen molar-refractivity contribution >= 4 is 11.8 Å². The van der Waals surface area contributed by atoms with Crippen LogP contribution in [-0.4, -0.2) is 45.7 Å². The molecule has 9 nitrogen and oxygen atoms in total. The molecule has 260 valence electrons. The van der Waals surface area contributed by atoms with E-state index in [0.717, 1.165) is 57.2 Å². The Hall–Kier alpha value is -5.25. The van der Waals surface area contributed by atoms with E-state index >= 15 is 0 Å². The molecule has 2 amide bonds. The number of aliphatic hydroxyl groups excluding tert-OH is 1. The van der Waals surface area contributed by atoms with Gasteiger partial charge in [0.2, 0.25) is 5.91 Å². The smallest absolute Gasteiger partial charge is 0.251 e. The summed E-state index contributed by atoms with van der Waals surface area (Å²) in [7, 11) is 0. The molecule has 5 aromatic rings. The summed E-state index contributed by atoms with van der Waals surface area (Å²) in [6, 6.07) is 31.0. The third-order valence-electron chi connectivity index (χ3n) is 8.63. The number of hydrogen-bond acceptors (Lipinski definition) is 6. The Morgan fingerprint density at radius 2 is 1.58 bits per heavy atom. The van der Waals surface area contributed by atoms with E-state index in [2.05, 4.69) is 56.7 Å². The zero-order chi connectivity index (χ0) is 35.5. The number of aliphatic hydroxyl groups is 1. The molecule has 0 saturated carbocycles. The molecule has 2 unspecified atom stereocenters. The van der Waals surface area contributed by atoms with Crippen LogP contribution >= 0.6 is 0 Å². The quantitative estimate of drug-likeness (QED) is 0.103. The SMILES string of the molecule is CCOc1ccccc1CNC(=O)c1ccc(CNC(=O)Cc2cccc(CC(C)NCC(O)c3ccc(-n4c(C)ccc4C)nc3)c2)cc1. The molecule has 2 atom stereocenters. The van der Waals surface area contributed by atoms with Gasteiger partial charge in [0.25, 0.3) is 5.91 Å². The summed E-state index contributed by atoms with van der Waals surface area (Å²) in [4.78, 5) is 30.1. The van der Waals surface area contributed by atoms with Gasteiger partial charge in [-0.2, -0.15) is 0 Å². The van der Waals surface area contributed by atoms with Crippen LogP contribution in [0.5, 0.6) is 5.75 Å². The first-order valence-corrected chi connectivity index (χ1v) is 17.1. The summed E-state index contributed by atoms with van der Waals surface area (Å²) in [6.45, 7) is 9.81. The van der Waals surface area contributed by atoms with Gasteiger partial charge in [-0.1, -0.05) is 60.7 Å². The lowest BCUT2D eigenvalue weighted by molar-refractivity contribution is -0.120. The number of aryl methyl sites for hydroxylation is 2. The molecular weight excluding hydrogens is 626 g/mol. The number of pyridine rings is 1. The Kier molecular flexibility index (Phi) is 12.6. The van der Waals surface area contributed by atoms with Crippen LogP contribution in [0.25, 0.3) is 5.82 Å². The minimum atomic E-state index is -0.678. The van der Waals surface area contributed by atoms with Gasteiger partial charge in [0, 0.05) is 60.0 Å². The third kappa shape index (κ3) is 9.90. The summed E-state index contributed by atoms with van der Waals surface area (Å²) in [6.07, 6.45) is 2.08. The second-order valence-corrected chi connectivity index (χ2v) is 12.6. The summed E-state index contributed by atoms with van der Waals surface area (Å²) in [5.41, 5.74) is 7.42. The van der Waals surface area contributed by atoms with Gasteiger partial charge in [0.05, 0.1) is 19.1 Å². The molecule has 0 radical (unpaired) electrons. The fourth-order valence-electron chi connectivity index (χ4n) is 5.93. The monoisotopic (exact) mass is 673 g/mol. The largest absolute Gasteiger partial charge is 0.494 e. The van der Waals surface area contributed by atoms with E-state index < -0.39 is 6.10 Å². The maximum absolute atomic E-state index is 12.8. The summed E-state index contributed by atoms with van der Waals surface area (Å²) in [5, 5.41) is 20.2. The number of nitrogens with one attached hydrogen (secondary N) is 3. The fraction of sp³-hybridized carbons (Fsp3) is 0.293. The molecule has 0 fully saturated rings. The lowest BCUT2D eigenvalue weighted by Crippen LogP contribution is -2.32. The van der Waals surface area contributed by atoms with Crippen LogP contribution in [0.4, 0.5) is 0 Å². The molecule has 5 rings (SSSR count). The highest BCUT2D eigenvalue weighted by Crippen LogP contribution is 2.19. The molecule has 2 aromatic heterocycles. The molecule has 0 bridgehead atoms. The fourth-order valence-corrected chi connectivity index (χ4v) is 5.93. The number of benzene rings is 3. The normalized spacial score (nSPS) is 12.3. The van der Waals surface area contributed by atoms with Crippen LogP contribution in [0, 0.1) is 13.8 Å². The Bertz CT molecular complexity index is 1850. The van der Waals surface area contributed by atoms with Crippen molar-refractivity contribution in [1.29, 1.82) is 0 Å². The van der Waals surface area contributed by atoms with Gasteiger partial charge < -0.3 is 30.4 Å². The molecule has 0 spiro atoms. The van der Waals surface area contributed by atoms with Gasteiger partial charge in [-0.25, -0.2) is 4.98 Å². The van der Waals surface area contributed by atoms with E-state index in [4.69, 9.17) is 4.74 Å². The second-order valence-electron chi connectivity index (χ2n) is 12.6. The van der Waals surface area contributed by atoms with Gasteiger partial charge in [0.1, 0.15) is 11.6 Å². The van der Waals surface area contributed by atoms with Gasteiger partial charge in [0.15, 0.2) is 0 Å². The van der Waals surface area contributed by atoms with Crippen LogP contribution in [-0.2, 0) is 30.7 Å². The van der Waals surface area contributed by atoms with Crippen LogP contribution < -0.4 is 20.7 Å². The maximum Gasteiger partial charge on any atom is 0.251 e. The van der Waals surface area contributed by atoms with Crippen LogP contribution in [0.2, 0.25) is 0 Å². The Morgan fingerprint density at radius 3 is 2.30 bits per heavy atom. The number of carbonyl (C=O) groups is 2. The van der Waals surface area contributed by atoms with Gasteiger partial charge in [-0.15, -0.1) is 0 Å². The minimum absolute atomic E-state index is 0.0760. The van der Waals surface area contributed by atoms with Crippen molar-refractivity contribution in [2.24, 2.45) is 0 Å². The van der Waals surface area contributed by atoms with Crippen molar-refractivity contribution in [3.8, 4) is 11.6 Å². The number of ether oxygens (including phenoxy) is 1. The second kappa shape index (κ2) is 17.4. The number of amides is 2. The number of aromatic nitrogens is 2. The molecule has 4 N–H and O–H groups in total. The molecule has 0 saturated heterocycles. The number of para-hydroxylation sites is 1. The highest BCUT2D eigenvalue weighted by atomic mass is 16.5. The average Bonchev–Trinajstić information content (AvgIpc) is 3.46. The topological polar surface area (TPSA) is 118 Å². The van der Waals surface area contributed by atoms with Crippen molar-refractivity contribution in [1.82, 2.24) is 25.5 Å². The van der Waals surface area contributed by atoms with E-state index in [1.54, 1.807) is 18.3 Å². The third-order valence-corrected chi connectivity index (χ3v) is 8.63. The number of rotatable bonds is 16. The van der Waals surface area contributed by atoms with E-state index in [1.807, 2.05) is 81.4 Å². The van der Waals surface area contributed by atoms with Crippen molar-refractivity contribution in [2.75, 3.05) is 13.2 Å². The zero-order valence-corrected chi connectivity index (χ0v) is 29.3. The predicted octanol–water partition coefficient (Wildman–Crippen LogP) is 5.93. The lowest BCUT2D eigenvalue weighted by Gasteiger charge is -2.18.